The van der Waals surface area contributed by atoms with E-state index in [0.717, 1.165) is 0 Å². The summed E-state index contributed by atoms with van der Waals surface area (Å²) >= 11 is 1.33. The predicted molar refractivity (Wildman–Crippen MR) is 90.4 cm³/mol. The van der Waals surface area contributed by atoms with Gasteiger partial charge in [0.2, 0.25) is 10.9 Å². The molecule has 1 aromatic heterocycles. The molecule has 10 heteroatoms. The van der Waals surface area contributed by atoms with Crippen LogP contribution in [-0.2, 0) is 4.79 Å². The van der Waals surface area contributed by atoms with Crippen LogP contribution in [0.3, 0.4) is 0 Å². The lowest BCUT2D eigenvalue weighted by Gasteiger charge is -2.14. The average Bonchev–Trinajstić information content (AvgIpc) is 2.97. The summed E-state index contributed by atoms with van der Waals surface area (Å²) in [6, 6.07) is 3.28. The van der Waals surface area contributed by atoms with E-state index in [4.69, 9.17) is 25.1 Å². The predicted octanol–water partition coefficient (Wildman–Crippen LogP) is 1.65. The van der Waals surface area contributed by atoms with E-state index in [0.29, 0.717) is 28.0 Å². The smallest absolute Gasteiger partial charge is 0.341 e. The highest BCUT2D eigenvalue weighted by atomic mass is 32.1. The third-order valence-electron chi connectivity index (χ3n) is 2.72. The average molecular weight is 352 g/mol. The van der Waals surface area contributed by atoms with E-state index in [1.165, 1.54) is 31.8 Å². The Morgan fingerprint density at radius 1 is 1.42 bits per heavy atom. The van der Waals surface area contributed by atoms with Crippen LogP contribution in [0.5, 0.6) is 17.2 Å². The highest BCUT2D eigenvalue weighted by Gasteiger charge is 2.15. The van der Waals surface area contributed by atoms with E-state index in [1.807, 2.05) is 0 Å². The van der Waals surface area contributed by atoms with Crippen molar-refractivity contribution in [3.05, 3.63) is 23.1 Å². The fourth-order valence-electron chi connectivity index (χ4n) is 1.75. The Morgan fingerprint density at radius 2 is 2.08 bits per heavy atom. The number of nitrogens with two attached hydrogens (primary N) is 1. The van der Waals surface area contributed by atoms with Gasteiger partial charge in [0.05, 0.1) is 20.4 Å². The minimum atomic E-state index is -1.10. The highest BCUT2D eigenvalue weighted by Crippen LogP contribution is 2.38. The lowest BCUT2D eigenvalue weighted by atomic mass is 10.2. The van der Waals surface area contributed by atoms with Gasteiger partial charge in [-0.05, 0) is 12.1 Å². The fraction of sp³-hybridized carbons (Fsp3) is 0.214. The Labute approximate surface area is 141 Å². The zero-order valence-corrected chi connectivity index (χ0v) is 13.8. The Hall–Kier alpha value is -3.01. The van der Waals surface area contributed by atoms with Gasteiger partial charge in [0.25, 0.3) is 0 Å². The first-order valence-electron chi connectivity index (χ1n) is 6.64. The van der Waals surface area contributed by atoms with Gasteiger partial charge in [0.1, 0.15) is 5.82 Å². The molecule has 0 amide bonds. The number of aromatic nitrogens is 1. The van der Waals surface area contributed by atoms with Gasteiger partial charge >= 0.3 is 5.97 Å². The fourth-order valence-corrected chi connectivity index (χ4v) is 2.30. The Balaban J connectivity index is 2.19. The zero-order chi connectivity index (χ0) is 17.5. The second-order valence-electron chi connectivity index (χ2n) is 4.38. The van der Waals surface area contributed by atoms with Crippen molar-refractivity contribution in [3.8, 4) is 17.2 Å². The van der Waals surface area contributed by atoms with Crippen LogP contribution < -0.4 is 25.4 Å². The maximum Gasteiger partial charge on any atom is 0.341 e. The molecule has 0 aliphatic rings. The lowest BCUT2D eigenvalue weighted by molar-refractivity contribution is -0.139. The van der Waals surface area contributed by atoms with Crippen molar-refractivity contribution < 1.29 is 24.1 Å². The summed E-state index contributed by atoms with van der Waals surface area (Å²) in [5, 5.41) is 15.0. The number of aliphatic carboxylic acids is 1. The minimum Gasteiger partial charge on any atom is -0.493 e. The summed E-state index contributed by atoms with van der Waals surface area (Å²) in [7, 11) is 2.89. The Bertz CT molecular complexity index is 722. The molecule has 0 fully saturated rings. The molecule has 9 nitrogen and oxygen atoms in total. The van der Waals surface area contributed by atoms with E-state index in [9.17, 15) is 4.79 Å². The molecule has 0 atom stereocenters. The molecule has 0 radical (unpaired) electrons. The monoisotopic (exact) mass is 352 g/mol. The molecule has 24 heavy (non-hydrogen) atoms. The number of carbonyl (C=O) groups is 1. The van der Waals surface area contributed by atoms with Gasteiger partial charge in [-0.3, -0.25) is 5.43 Å². The third-order valence-corrected chi connectivity index (χ3v) is 3.48. The van der Waals surface area contributed by atoms with Crippen LogP contribution in [0.25, 0.3) is 0 Å². The molecule has 1 heterocycles. The van der Waals surface area contributed by atoms with Crippen molar-refractivity contribution in [2.75, 3.05) is 32.0 Å². The first-order valence-corrected chi connectivity index (χ1v) is 7.52. The first kappa shape index (κ1) is 17.3. The number of ether oxygens (including phenoxy) is 3. The standard InChI is InChI=1S/C14H16N4O5S/c1-21-9-3-8(5-16-18-14-17-11(15)7-24-14)4-10(22-2)13(9)23-6-12(19)20/h3-5,7H,6,15H2,1-2H3,(H,17,18)(H,19,20). The topological polar surface area (TPSA) is 128 Å². The SMILES string of the molecule is COc1cc(C=NNc2nc(N)cs2)cc(OC)c1OCC(=O)O. The quantitative estimate of drug-likeness (QED) is 0.483. The van der Waals surface area contributed by atoms with Crippen LogP contribution in [0.4, 0.5) is 10.9 Å². The number of nitrogens with one attached hydrogen (secondary N) is 1. The van der Waals surface area contributed by atoms with Crippen LogP contribution >= 0.6 is 11.3 Å². The third kappa shape index (κ3) is 4.49. The lowest BCUT2D eigenvalue weighted by Crippen LogP contribution is -2.11. The zero-order valence-electron chi connectivity index (χ0n) is 13.0. The number of thiazole rings is 1. The number of nitrogen functional groups attached to an aromatic ring is 1. The van der Waals surface area contributed by atoms with Crippen LogP contribution in [-0.4, -0.2) is 43.1 Å². The van der Waals surface area contributed by atoms with E-state index in [1.54, 1.807) is 17.5 Å². The minimum absolute atomic E-state index is 0.209. The molecular weight excluding hydrogens is 336 g/mol. The molecule has 0 spiro atoms. The maximum atomic E-state index is 10.7. The van der Waals surface area contributed by atoms with Gasteiger partial charge in [0, 0.05) is 10.9 Å². The molecule has 0 saturated carbocycles. The van der Waals surface area contributed by atoms with Crippen molar-refractivity contribution in [2.45, 2.75) is 0 Å². The van der Waals surface area contributed by atoms with Gasteiger partial charge in [-0.15, -0.1) is 11.3 Å². The van der Waals surface area contributed by atoms with E-state index in [2.05, 4.69) is 15.5 Å². The number of hydrogen-bond donors (Lipinski definition) is 3. The molecule has 0 aliphatic carbocycles. The van der Waals surface area contributed by atoms with Crippen molar-refractivity contribution in [1.82, 2.24) is 4.98 Å². The second kappa shape index (κ2) is 8.02. The van der Waals surface area contributed by atoms with Gasteiger partial charge < -0.3 is 25.1 Å². The van der Waals surface area contributed by atoms with E-state index in [-0.39, 0.29) is 5.75 Å². The largest absolute Gasteiger partial charge is 0.493 e. The summed E-state index contributed by atoms with van der Waals surface area (Å²) < 4.78 is 15.7. The van der Waals surface area contributed by atoms with Crippen LogP contribution in [0.1, 0.15) is 5.56 Å². The first-order chi connectivity index (χ1) is 11.5. The molecule has 2 rings (SSSR count). The molecular formula is C14H16N4O5S. The van der Waals surface area contributed by atoms with Gasteiger partial charge in [0.15, 0.2) is 18.1 Å². The number of carboxylic acid groups (broad SMARTS) is 1. The second-order valence-corrected chi connectivity index (χ2v) is 5.24. The number of carboxylic acids is 1. The van der Waals surface area contributed by atoms with Crippen LogP contribution in [0, 0.1) is 0 Å². The molecule has 0 aliphatic heterocycles. The number of benzene rings is 1. The van der Waals surface area contributed by atoms with Gasteiger partial charge in [-0.25, -0.2) is 9.78 Å². The van der Waals surface area contributed by atoms with E-state index >= 15 is 0 Å². The molecule has 2 aromatic rings. The summed E-state index contributed by atoms with van der Waals surface area (Å²) in [5.74, 6) is 0.184. The summed E-state index contributed by atoms with van der Waals surface area (Å²) in [6.07, 6.45) is 1.53. The molecule has 0 bridgehead atoms. The van der Waals surface area contributed by atoms with Crippen molar-refractivity contribution >= 4 is 34.5 Å². The van der Waals surface area contributed by atoms with Crippen LogP contribution in [0.15, 0.2) is 22.6 Å². The van der Waals surface area contributed by atoms with Crippen molar-refractivity contribution in [3.63, 3.8) is 0 Å². The number of hydrogen-bond acceptors (Lipinski definition) is 9. The number of hydrazone groups is 1. The van der Waals surface area contributed by atoms with Gasteiger partial charge in [-0.2, -0.15) is 5.10 Å². The van der Waals surface area contributed by atoms with Crippen molar-refractivity contribution in [2.24, 2.45) is 5.10 Å². The normalized spacial score (nSPS) is 10.6. The molecule has 4 N–H and O–H groups in total. The van der Waals surface area contributed by atoms with Gasteiger partial charge in [-0.1, -0.05) is 0 Å². The number of rotatable bonds is 8. The highest BCUT2D eigenvalue weighted by molar-refractivity contribution is 7.14. The van der Waals surface area contributed by atoms with Crippen molar-refractivity contribution in [1.29, 1.82) is 0 Å². The maximum absolute atomic E-state index is 10.7. The van der Waals surface area contributed by atoms with Crippen LogP contribution in [0.2, 0.25) is 0 Å². The summed E-state index contributed by atoms with van der Waals surface area (Å²) in [4.78, 5) is 14.7. The molecule has 1 aromatic carbocycles. The van der Waals surface area contributed by atoms with E-state index < -0.39 is 12.6 Å². The summed E-state index contributed by atoms with van der Waals surface area (Å²) in [6.45, 7) is -0.507. The molecule has 0 unspecified atom stereocenters. The number of anilines is 2. The Kier molecular flexibility index (Phi) is 5.79. The number of nitrogens with zero attached hydrogens (tertiary/aromatic N) is 2. The molecule has 0 saturated heterocycles. The molecule has 128 valence electrons. The Morgan fingerprint density at radius 3 is 2.58 bits per heavy atom. The number of methoxy groups -OCH3 is 2. The summed E-state index contributed by atoms with van der Waals surface area (Å²) in [5.41, 5.74) is 8.93.